The molecule has 2 nitrogen and oxygen atoms in total. The zero-order chi connectivity index (χ0) is 14.9. The van der Waals surface area contributed by atoms with Gasteiger partial charge >= 0.3 is 0 Å². The fourth-order valence-corrected chi connectivity index (χ4v) is 2.23. The Kier molecular flexibility index (Phi) is 4.28. The van der Waals surface area contributed by atoms with Crippen molar-refractivity contribution in [3.05, 3.63) is 52.0 Å². The van der Waals surface area contributed by atoms with Crippen LogP contribution in [0.1, 0.15) is 25.3 Å². The van der Waals surface area contributed by atoms with Gasteiger partial charge in [0, 0.05) is 22.3 Å². The molecular weight excluding hydrogens is 328 g/mol. The number of ether oxygens (including phenoxy) is 1. The molecule has 0 radical (unpaired) electrons. The predicted molar refractivity (Wildman–Crippen MR) is 79.1 cm³/mol. The first-order valence-corrected chi connectivity index (χ1v) is 6.89. The Morgan fingerprint density at radius 2 is 1.70 bits per heavy atom. The van der Waals surface area contributed by atoms with Crippen LogP contribution in [0.2, 0.25) is 0 Å². The van der Waals surface area contributed by atoms with Crippen molar-refractivity contribution in [3.63, 3.8) is 0 Å². The highest BCUT2D eigenvalue weighted by molar-refractivity contribution is 9.10. The predicted octanol–water partition coefficient (Wildman–Crippen LogP) is 5.23. The van der Waals surface area contributed by atoms with Crippen LogP contribution in [0.4, 0.5) is 14.5 Å². The molecule has 0 unspecified atom stereocenters. The van der Waals surface area contributed by atoms with Gasteiger partial charge in [-0.25, -0.2) is 8.78 Å². The van der Waals surface area contributed by atoms with Crippen LogP contribution in [0.3, 0.4) is 0 Å². The Bertz CT molecular complexity index is 621. The van der Waals surface area contributed by atoms with Gasteiger partial charge in [-0.1, -0.05) is 29.8 Å². The van der Waals surface area contributed by atoms with E-state index in [2.05, 4.69) is 15.9 Å². The van der Waals surface area contributed by atoms with Gasteiger partial charge in [-0.15, -0.1) is 0 Å². The van der Waals surface area contributed by atoms with E-state index in [9.17, 15) is 8.78 Å². The van der Waals surface area contributed by atoms with E-state index in [1.54, 1.807) is 12.1 Å². The van der Waals surface area contributed by atoms with Crippen molar-refractivity contribution in [3.8, 4) is 11.5 Å². The van der Waals surface area contributed by atoms with Crippen LogP contribution in [-0.4, -0.2) is 0 Å². The highest BCUT2D eigenvalue weighted by Crippen LogP contribution is 2.35. The summed E-state index contributed by atoms with van der Waals surface area (Å²) < 4.78 is 33.8. The molecule has 20 heavy (non-hydrogen) atoms. The molecule has 0 amide bonds. The van der Waals surface area contributed by atoms with Gasteiger partial charge < -0.3 is 10.5 Å². The minimum atomic E-state index is -0.819. The zero-order valence-electron chi connectivity index (χ0n) is 11.1. The van der Waals surface area contributed by atoms with Crippen molar-refractivity contribution >= 4 is 21.6 Å². The van der Waals surface area contributed by atoms with Gasteiger partial charge in [0.25, 0.3) is 0 Å². The minimum absolute atomic E-state index is 0.0206. The van der Waals surface area contributed by atoms with E-state index in [1.165, 1.54) is 0 Å². The summed E-state index contributed by atoms with van der Waals surface area (Å²) in [6, 6.07) is 7.37. The van der Waals surface area contributed by atoms with E-state index in [4.69, 9.17) is 10.5 Å². The van der Waals surface area contributed by atoms with Crippen molar-refractivity contribution in [1.82, 2.24) is 0 Å². The standard InChI is InChI=1S/C15H14BrF2NO/c1-8(2)11-5-9(16)3-4-14(11)20-15-12(17)6-10(19)7-13(15)18/h3-8H,19H2,1-2H3. The zero-order valence-corrected chi connectivity index (χ0v) is 12.7. The first-order chi connectivity index (χ1) is 9.38. The maximum atomic E-state index is 13.8. The molecule has 106 valence electrons. The first-order valence-electron chi connectivity index (χ1n) is 6.10. The molecule has 2 N–H and O–H groups in total. The molecule has 0 atom stereocenters. The molecule has 0 fully saturated rings. The van der Waals surface area contributed by atoms with Crippen LogP contribution in [0, 0.1) is 11.6 Å². The molecular formula is C15H14BrF2NO. The van der Waals surface area contributed by atoms with E-state index >= 15 is 0 Å². The van der Waals surface area contributed by atoms with Gasteiger partial charge in [-0.3, -0.25) is 0 Å². The molecule has 0 spiro atoms. The number of benzene rings is 2. The molecule has 2 aromatic carbocycles. The molecule has 5 heteroatoms. The lowest BCUT2D eigenvalue weighted by molar-refractivity contribution is 0.403. The first kappa shape index (κ1) is 14.8. The van der Waals surface area contributed by atoms with Crippen LogP contribution in [0.5, 0.6) is 11.5 Å². The summed E-state index contributed by atoms with van der Waals surface area (Å²) in [4.78, 5) is 0. The monoisotopic (exact) mass is 341 g/mol. The lowest BCUT2D eigenvalue weighted by Crippen LogP contribution is -1.99. The third-order valence-corrected chi connectivity index (χ3v) is 3.32. The fraction of sp³-hybridized carbons (Fsp3) is 0.200. The summed E-state index contributed by atoms with van der Waals surface area (Å²) in [5, 5.41) is 0. The van der Waals surface area contributed by atoms with Crippen LogP contribution in [0.25, 0.3) is 0 Å². The SMILES string of the molecule is CC(C)c1cc(Br)ccc1Oc1c(F)cc(N)cc1F. The van der Waals surface area contributed by atoms with Gasteiger partial charge in [0.2, 0.25) is 0 Å². The van der Waals surface area contributed by atoms with Gasteiger partial charge in [-0.2, -0.15) is 0 Å². The van der Waals surface area contributed by atoms with Crippen molar-refractivity contribution in [1.29, 1.82) is 0 Å². The van der Waals surface area contributed by atoms with Gasteiger partial charge in [0.15, 0.2) is 17.4 Å². The number of hydrogen-bond donors (Lipinski definition) is 1. The van der Waals surface area contributed by atoms with Gasteiger partial charge in [-0.05, 0) is 29.7 Å². The van der Waals surface area contributed by atoms with E-state index in [0.29, 0.717) is 5.75 Å². The maximum Gasteiger partial charge on any atom is 0.198 e. The summed E-state index contributed by atoms with van der Waals surface area (Å²) in [7, 11) is 0. The van der Waals surface area contributed by atoms with Crippen LogP contribution in [0.15, 0.2) is 34.8 Å². The second kappa shape index (κ2) is 5.79. The Morgan fingerprint density at radius 3 is 2.25 bits per heavy atom. The molecule has 2 rings (SSSR count). The number of anilines is 1. The average molecular weight is 342 g/mol. The number of hydrogen-bond acceptors (Lipinski definition) is 2. The van der Waals surface area contributed by atoms with Gasteiger partial charge in [0.05, 0.1) is 0 Å². The van der Waals surface area contributed by atoms with E-state index in [1.807, 2.05) is 19.9 Å². The van der Waals surface area contributed by atoms with Crippen LogP contribution in [-0.2, 0) is 0 Å². The molecule has 0 aliphatic rings. The largest absolute Gasteiger partial charge is 0.451 e. The smallest absolute Gasteiger partial charge is 0.198 e. The molecule has 0 saturated carbocycles. The fourth-order valence-electron chi connectivity index (χ4n) is 1.85. The van der Waals surface area contributed by atoms with E-state index in [-0.39, 0.29) is 11.6 Å². The third-order valence-electron chi connectivity index (χ3n) is 2.83. The number of nitrogen functional groups attached to an aromatic ring is 1. The molecule has 0 aromatic heterocycles. The number of halogens is 3. The summed E-state index contributed by atoms with van der Waals surface area (Å²) in [5.41, 5.74) is 6.26. The Morgan fingerprint density at radius 1 is 1.10 bits per heavy atom. The lowest BCUT2D eigenvalue weighted by atomic mass is 10.0. The molecule has 2 aromatic rings. The number of nitrogens with two attached hydrogens (primary N) is 1. The Balaban J connectivity index is 2.45. The highest BCUT2D eigenvalue weighted by atomic mass is 79.9. The van der Waals surface area contributed by atoms with E-state index < -0.39 is 17.4 Å². The Hall–Kier alpha value is -1.62. The number of rotatable bonds is 3. The quantitative estimate of drug-likeness (QED) is 0.776. The van der Waals surface area contributed by atoms with Crippen molar-refractivity contribution < 1.29 is 13.5 Å². The average Bonchev–Trinajstić information content (AvgIpc) is 2.34. The Labute approximate surface area is 124 Å². The second-order valence-corrected chi connectivity index (χ2v) is 5.67. The maximum absolute atomic E-state index is 13.8. The van der Waals surface area contributed by atoms with Crippen molar-refractivity contribution in [2.24, 2.45) is 0 Å². The summed E-state index contributed by atoms with van der Waals surface area (Å²) in [5.74, 6) is -1.50. The lowest BCUT2D eigenvalue weighted by Gasteiger charge is -2.15. The van der Waals surface area contributed by atoms with Crippen molar-refractivity contribution in [2.45, 2.75) is 19.8 Å². The minimum Gasteiger partial charge on any atom is -0.451 e. The topological polar surface area (TPSA) is 35.2 Å². The molecule has 0 saturated heterocycles. The molecule has 0 heterocycles. The highest BCUT2D eigenvalue weighted by Gasteiger charge is 2.16. The molecule has 0 aliphatic carbocycles. The van der Waals surface area contributed by atoms with Crippen LogP contribution >= 0.6 is 15.9 Å². The summed E-state index contributed by atoms with van der Waals surface area (Å²) >= 11 is 3.37. The molecule has 0 bridgehead atoms. The van der Waals surface area contributed by atoms with Crippen molar-refractivity contribution in [2.75, 3.05) is 5.73 Å². The van der Waals surface area contributed by atoms with E-state index in [0.717, 1.165) is 22.2 Å². The second-order valence-electron chi connectivity index (χ2n) is 4.75. The molecule has 0 aliphatic heterocycles. The summed E-state index contributed by atoms with van der Waals surface area (Å²) in [6.45, 7) is 3.95. The van der Waals surface area contributed by atoms with Crippen LogP contribution < -0.4 is 10.5 Å². The third kappa shape index (κ3) is 3.10. The summed E-state index contributed by atoms with van der Waals surface area (Å²) in [6.07, 6.45) is 0. The normalized spacial score (nSPS) is 10.9. The van der Waals surface area contributed by atoms with Gasteiger partial charge in [0.1, 0.15) is 5.75 Å².